The predicted octanol–water partition coefficient (Wildman–Crippen LogP) is 8.06. The van der Waals surface area contributed by atoms with E-state index < -0.39 is 17.0 Å². The van der Waals surface area contributed by atoms with Crippen molar-refractivity contribution in [3.8, 4) is 22.3 Å². The predicted molar refractivity (Wildman–Crippen MR) is 124 cm³/mol. The van der Waals surface area contributed by atoms with E-state index in [4.69, 9.17) is 18.6 Å². The van der Waals surface area contributed by atoms with E-state index in [9.17, 15) is 4.79 Å². The molecule has 0 bridgehead atoms. The number of carbonyl (C=O) groups is 1. The van der Waals surface area contributed by atoms with E-state index in [0.717, 1.165) is 18.4 Å². The minimum absolute atomic E-state index is 0.00880. The van der Waals surface area contributed by atoms with E-state index in [-0.39, 0.29) is 11.9 Å². The Bertz CT molecular complexity index is 1020. The molecule has 3 aromatic rings. The molecular weight excluding hydrogens is 449 g/mol. The molecule has 1 amide bonds. The Morgan fingerprint density at radius 1 is 0.933 bits per heavy atom. The normalized spacial score (nSPS) is 12.1. The van der Waals surface area contributed by atoms with Gasteiger partial charge in [0.15, 0.2) is 0 Å². The summed E-state index contributed by atoms with van der Waals surface area (Å²) in [6, 6.07) is 23.4. The van der Waals surface area contributed by atoms with E-state index in [2.05, 4.69) is 66.0 Å². The Morgan fingerprint density at radius 2 is 1.50 bits per heavy atom. The summed E-state index contributed by atoms with van der Waals surface area (Å²) >= 11 is -0.556. The molecular formula is C25H24Cl2NOTi-. The van der Waals surface area contributed by atoms with Gasteiger partial charge in [-0.15, -0.1) is 0 Å². The van der Waals surface area contributed by atoms with Crippen molar-refractivity contribution in [3.63, 3.8) is 0 Å². The van der Waals surface area contributed by atoms with Crippen molar-refractivity contribution in [2.45, 2.75) is 39.2 Å². The van der Waals surface area contributed by atoms with Crippen molar-refractivity contribution in [1.82, 2.24) is 0 Å². The van der Waals surface area contributed by atoms with Crippen molar-refractivity contribution in [3.05, 3.63) is 88.7 Å². The Hall–Kier alpha value is -1.58. The van der Waals surface area contributed by atoms with Crippen molar-refractivity contribution >= 4 is 24.5 Å². The molecule has 0 saturated heterocycles. The van der Waals surface area contributed by atoms with Gasteiger partial charge in [-0.2, -0.15) is 0 Å². The molecule has 0 N–H and O–H groups in total. The van der Waals surface area contributed by atoms with Gasteiger partial charge in [-0.1, -0.05) is 98.6 Å². The van der Waals surface area contributed by atoms with Gasteiger partial charge in [-0.25, -0.2) is 0 Å². The van der Waals surface area contributed by atoms with Crippen LogP contribution in [0.2, 0.25) is 0 Å². The van der Waals surface area contributed by atoms with Gasteiger partial charge in [0.25, 0.3) is 0 Å². The molecule has 1 aliphatic rings. The molecule has 0 aromatic heterocycles. The molecule has 154 valence electrons. The molecule has 2 nitrogen and oxygen atoms in total. The van der Waals surface area contributed by atoms with Crippen LogP contribution in [-0.4, -0.2) is 5.91 Å². The Morgan fingerprint density at radius 3 is 2.20 bits per heavy atom. The van der Waals surface area contributed by atoms with E-state index in [0.29, 0.717) is 6.42 Å². The van der Waals surface area contributed by atoms with Gasteiger partial charge in [0, 0.05) is 0 Å². The minimum atomic E-state index is -0.556. The molecule has 1 unspecified atom stereocenters. The topological polar surface area (TPSA) is 31.2 Å². The van der Waals surface area contributed by atoms with E-state index in [1.165, 1.54) is 33.4 Å². The Balaban J connectivity index is 0.000000806. The van der Waals surface area contributed by atoms with Crippen LogP contribution < -0.4 is 0 Å². The maximum absolute atomic E-state index is 12.0. The summed E-state index contributed by atoms with van der Waals surface area (Å²) in [5.41, 5.74) is 8.97. The van der Waals surface area contributed by atoms with Crippen molar-refractivity contribution in [2.75, 3.05) is 0 Å². The number of rotatable bonds is 5. The fraction of sp³-hybridized carbons (Fsp3) is 0.240. The van der Waals surface area contributed by atoms with Gasteiger partial charge < -0.3 is 10.1 Å². The van der Waals surface area contributed by atoms with E-state index >= 15 is 0 Å². The standard InChI is InChI=1S/C25H25NO.2ClH.Ti/c1-3-9-25(27)26-17(2)19-11-6-7-13-21(19)23-15-8-14-22-20-12-5-4-10-18(20)16-24(22)23;;;/h4-8,10-15,17H,3,9,16H2,1-2H3,(H,26,27);2*1H;/q;;;+2/p-3. The first kappa shape index (κ1) is 23.1. The molecule has 1 aliphatic carbocycles. The third-order valence-electron chi connectivity index (χ3n) is 5.35. The van der Waals surface area contributed by atoms with Crippen LogP contribution in [0.5, 0.6) is 0 Å². The SMILES string of the molecule is CCCC(=O)[N-]C(C)c1ccccc1-c1cccc2c1Cc1ccccc1-2.[Cl][Ti][Cl]. The van der Waals surface area contributed by atoms with Crippen molar-refractivity contribution in [2.24, 2.45) is 0 Å². The quantitative estimate of drug-likeness (QED) is 0.270. The third kappa shape index (κ3) is 5.18. The molecule has 0 fully saturated rings. The van der Waals surface area contributed by atoms with Gasteiger partial charge in [0.1, 0.15) is 0 Å². The van der Waals surface area contributed by atoms with Crippen LogP contribution in [0.3, 0.4) is 0 Å². The van der Waals surface area contributed by atoms with Crippen LogP contribution in [0.1, 0.15) is 49.4 Å². The zero-order valence-electron chi connectivity index (χ0n) is 17.2. The number of carbonyl (C=O) groups excluding carboxylic acids is 1. The molecule has 0 aliphatic heterocycles. The second-order valence-corrected chi connectivity index (χ2v) is 9.85. The van der Waals surface area contributed by atoms with Crippen molar-refractivity contribution < 1.29 is 21.8 Å². The average molecular weight is 473 g/mol. The van der Waals surface area contributed by atoms with Gasteiger partial charge >= 0.3 is 35.6 Å². The van der Waals surface area contributed by atoms with Crippen molar-refractivity contribution in [1.29, 1.82) is 0 Å². The first-order chi connectivity index (χ1) is 14.6. The molecule has 0 spiro atoms. The molecule has 5 heteroatoms. The number of fused-ring (bicyclic) bond motifs is 3. The summed E-state index contributed by atoms with van der Waals surface area (Å²) in [7, 11) is 9.78. The molecule has 4 rings (SSSR count). The second-order valence-electron chi connectivity index (χ2n) is 7.27. The van der Waals surface area contributed by atoms with Crippen LogP contribution in [0.4, 0.5) is 0 Å². The Labute approximate surface area is 195 Å². The molecule has 0 heterocycles. The molecule has 0 saturated carbocycles. The maximum atomic E-state index is 12.0. The summed E-state index contributed by atoms with van der Waals surface area (Å²) in [6.07, 6.45) is 2.31. The summed E-state index contributed by atoms with van der Waals surface area (Å²) in [5.74, 6) is -0.00880. The molecule has 1 atom stereocenters. The summed E-state index contributed by atoms with van der Waals surface area (Å²) in [4.78, 5) is 12.0. The van der Waals surface area contributed by atoms with Gasteiger partial charge in [-0.05, 0) is 46.2 Å². The number of hydrogen-bond donors (Lipinski definition) is 0. The summed E-state index contributed by atoms with van der Waals surface area (Å²) in [5, 5.41) is 4.42. The van der Waals surface area contributed by atoms with E-state index in [1.807, 2.05) is 19.9 Å². The van der Waals surface area contributed by atoms with Crippen LogP contribution in [-0.2, 0) is 28.2 Å². The zero-order valence-corrected chi connectivity index (χ0v) is 20.2. The number of nitrogens with zero attached hydrogens (tertiary/aromatic N) is 1. The fourth-order valence-electron chi connectivity index (χ4n) is 4.08. The summed E-state index contributed by atoms with van der Waals surface area (Å²) in [6.45, 7) is 4.03. The van der Waals surface area contributed by atoms with Crippen LogP contribution in [0.25, 0.3) is 27.6 Å². The van der Waals surface area contributed by atoms with Gasteiger partial charge in [-0.3, -0.25) is 0 Å². The van der Waals surface area contributed by atoms with Gasteiger partial charge in [0.2, 0.25) is 0 Å². The van der Waals surface area contributed by atoms with Crippen LogP contribution >= 0.6 is 18.6 Å². The first-order valence-electron chi connectivity index (χ1n) is 10.1. The number of hydrogen-bond acceptors (Lipinski definition) is 1. The number of amides is 1. The zero-order chi connectivity index (χ0) is 21.5. The molecule has 30 heavy (non-hydrogen) atoms. The average Bonchev–Trinajstić information content (AvgIpc) is 3.13. The number of halogens is 2. The summed E-state index contributed by atoms with van der Waals surface area (Å²) < 4.78 is 0. The molecule has 0 radical (unpaired) electrons. The molecule has 3 aromatic carbocycles. The fourth-order valence-corrected chi connectivity index (χ4v) is 4.08. The third-order valence-corrected chi connectivity index (χ3v) is 5.35. The van der Waals surface area contributed by atoms with Gasteiger partial charge in [0.05, 0.1) is 5.91 Å². The number of benzene rings is 3. The second kappa shape index (κ2) is 11.2. The Kier molecular flexibility index (Phi) is 8.59. The van der Waals surface area contributed by atoms with Crippen LogP contribution in [0.15, 0.2) is 66.7 Å². The van der Waals surface area contributed by atoms with Crippen LogP contribution in [0, 0.1) is 0 Å². The first-order valence-corrected chi connectivity index (χ1v) is 14.4. The van der Waals surface area contributed by atoms with E-state index in [1.54, 1.807) is 0 Å². The monoisotopic (exact) mass is 472 g/mol.